The SMILES string of the molecule is NC(CCC(=O)O)c1ccc2cc[nH]c2c1. The molecule has 0 aliphatic rings. The van der Waals surface area contributed by atoms with E-state index < -0.39 is 5.97 Å². The lowest BCUT2D eigenvalue weighted by molar-refractivity contribution is -0.137. The molecule has 0 saturated carbocycles. The lowest BCUT2D eigenvalue weighted by Gasteiger charge is -2.10. The number of benzene rings is 1. The van der Waals surface area contributed by atoms with Crippen molar-refractivity contribution in [2.45, 2.75) is 18.9 Å². The first-order valence-corrected chi connectivity index (χ1v) is 5.21. The lowest BCUT2D eigenvalue weighted by Crippen LogP contribution is -2.12. The number of aliphatic carboxylic acids is 1. The van der Waals surface area contributed by atoms with Gasteiger partial charge in [-0.05, 0) is 29.5 Å². The van der Waals surface area contributed by atoms with Crippen molar-refractivity contribution in [1.29, 1.82) is 0 Å². The molecule has 0 bridgehead atoms. The number of nitrogens with two attached hydrogens (primary N) is 1. The Labute approximate surface area is 93.1 Å². The van der Waals surface area contributed by atoms with Crippen LogP contribution >= 0.6 is 0 Å². The summed E-state index contributed by atoms with van der Waals surface area (Å²) < 4.78 is 0. The standard InChI is InChI=1S/C12H14N2O2/c13-10(3-4-12(15)16)9-2-1-8-5-6-14-11(8)7-9/h1-2,5-7,10,14H,3-4,13H2,(H,15,16). The van der Waals surface area contributed by atoms with Gasteiger partial charge in [0.15, 0.2) is 0 Å². The van der Waals surface area contributed by atoms with Crippen LogP contribution in [0.1, 0.15) is 24.4 Å². The summed E-state index contributed by atoms with van der Waals surface area (Å²) in [5.41, 5.74) is 7.93. The molecule has 4 nitrogen and oxygen atoms in total. The van der Waals surface area contributed by atoms with E-state index >= 15 is 0 Å². The zero-order chi connectivity index (χ0) is 11.5. The topological polar surface area (TPSA) is 79.1 Å². The molecule has 0 aliphatic carbocycles. The number of hydrogen-bond acceptors (Lipinski definition) is 2. The summed E-state index contributed by atoms with van der Waals surface area (Å²) >= 11 is 0. The fraction of sp³-hybridized carbons (Fsp3) is 0.250. The van der Waals surface area contributed by atoms with E-state index in [1.807, 2.05) is 30.5 Å². The molecule has 4 heteroatoms. The van der Waals surface area contributed by atoms with Gasteiger partial charge in [-0.25, -0.2) is 0 Å². The Bertz CT molecular complexity index is 504. The van der Waals surface area contributed by atoms with E-state index in [-0.39, 0.29) is 12.5 Å². The molecule has 4 N–H and O–H groups in total. The Hall–Kier alpha value is -1.81. The largest absolute Gasteiger partial charge is 0.481 e. The molecule has 2 aromatic rings. The Morgan fingerprint density at radius 1 is 1.44 bits per heavy atom. The zero-order valence-electron chi connectivity index (χ0n) is 8.81. The number of rotatable bonds is 4. The molecule has 1 atom stereocenters. The Morgan fingerprint density at radius 2 is 2.25 bits per heavy atom. The van der Waals surface area contributed by atoms with Gasteiger partial charge in [0, 0.05) is 24.2 Å². The van der Waals surface area contributed by atoms with E-state index in [4.69, 9.17) is 10.8 Å². The second kappa shape index (κ2) is 4.37. The van der Waals surface area contributed by atoms with Crippen LogP contribution in [0.5, 0.6) is 0 Å². The van der Waals surface area contributed by atoms with Crippen molar-refractivity contribution in [3.05, 3.63) is 36.0 Å². The Balaban J connectivity index is 2.15. The number of carbonyl (C=O) groups is 1. The van der Waals surface area contributed by atoms with Crippen molar-refractivity contribution < 1.29 is 9.90 Å². The molecule has 0 aliphatic heterocycles. The molecule has 1 aromatic heterocycles. The molecule has 0 spiro atoms. The van der Waals surface area contributed by atoms with Crippen LogP contribution in [-0.2, 0) is 4.79 Å². The molecule has 1 unspecified atom stereocenters. The molecule has 1 aromatic carbocycles. The summed E-state index contributed by atoms with van der Waals surface area (Å²) in [5, 5.41) is 9.72. The summed E-state index contributed by atoms with van der Waals surface area (Å²) in [7, 11) is 0. The molecular formula is C12H14N2O2. The van der Waals surface area contributed by atoms with Gasteiger partial charge in [0.1, 0.15) is 0 Å². The first-order valence-electron chi connectivity index (χ1n) is 5.21. The normalized spacial score (nSPS) is 12.8. The van der Waals surface area contributed by atoms with Gasteiger partial charge in [-0.15, -0.1) is 0 Å². The molecular weight excluding hydrogens is 204 g/mol. The van der Waals surface area contributed by atoms with Crippen molar-refractivity contribution in [2.24, 2.45) is 5.73 Å². The second-order valence-corrected chi connectivity index (χ2v) is 3.86. The summed E-state index contributed by atoms with van der Waals surface area (Å²) in [6.07, 6.45) is 2.43. The van der Waals surface area contributed by atoms with Crippen molar-refractivity contribution in [2.75, 3.05) is 0 Å². The van der Waals surface area contributed by atoms with Crippen molar-refractivity contribution in [1.82, 2.24) is 4.98 Å². The van der Waals surface area contributed by atoms with Crippen LogP contribution in [0.4, 0.5) is 0 Å². The highest BCUT2D eigenvalue weighted by Crippen LogP contribution is 2.20. The fourth-order valence-corrected chi connectivity index (χ4v) is 1.74. The van der Waals surface area contributed by atoms with Gasteiger partial charge in [-0.1, -0.05) is 12.1 Å². The maximum absolute atomic E-state index is 10.4. The van der Waals surface area contributed by atoms with E-state index in [0.29, 0.717) is 6.42 Å². The minimum Gasteiger partial charge on any atom is -0.481 e. The number of hydrogen-bond donors (Lipinski definition) is 3. The second-order valence-electron chi connectivity index (χ2n) is 3.86. The van der Waals surface area contributed by atoms with Gasteiger partial charge in [0.05, 0.1) is 0 Å². The summed E-state index contributed by atoms with van der Waals surface area (Å²) in [6.45, 7) is 0. The van der Waals surface area contributed by atoms with Crippen LogP contribution in [-0.4, -0.2) is 16.1 Å². The Kier molecular flexibility index (Phi) is 2.92. The highest BCUT2D eigenvalue weighted by molar-refractivity contribution is 5.80. The molecule has 0 fully saturated rings. The number of carboxylic acids is 1. The molecule has 0 radical (unpaired) electrons. The number of carboxylic acid groups (broad SMARTS) is 1. The minimum atomic E-state index is -0.809. The summed E-state index contributed by atoms with van der Waals surface area (Å²) in [5.74, 6) is -0.809. The van der Waals surface area contributed by atoms with Crippen LogP contribution in [0.15, 0.2) is 30.5 Å². The quantitative estimate of drug-likeness (QED) is 0.734. The highest BCUT2D eigenvalue weighted by Gasteiger charge is 2.09. The summed E-state index contributed by atoms with van der Waals surface area (Å²) in [6, 6.07) is 7.68. The number of aromatic amines is 1. The van der Waals surface area contributed by atoms with Crippen LogP contribution in [0.3, 0.4) is 0 Å². The van der Waals surface area contributed by atoms with Gasteiger partial charge >= 0.3 is 5.97 Å². The van der Waals surface area contributed by atoms with E-state index in [9.17, 15) is 4.79 Å². The van der Waals surface area contributed by atoms with Gasteiger partial charge in [-0.2, -0.15) is 0 Å². The minimum absolute atomic E-state index is 0.101. The smallest absolute Gasteiger partial charge is 0.303 e. The fourth-order valence-electron chi connectivity index (χ4n) is 1.74. The summed E-state index contributed by atoms with van der Waals surface area (Å²) in [4.78, 5) is 13.6. The van der Waals surface area contributed by atoms with E-state index in [2.05, 4.69) is 4.98 Å². The third-order valence-electron chi connectivity index (χ3n) is 2.68. The van der Waals surface area contributed by atoms with Crippen LogP contribution in [0, 0.1) is 0 Å². The molecule has 16 heavy (non-hydrogen) atoms. The third-order valence-corrected chi connectivity index (χ3v) is 2.68. The van der Waals surface area contributed by atoms with Crippen molar-refractivity contribution in [3.63, 3.8) is 0 Å². The molecule has 1 heterocycles. The van der Waals surface area contributed by atoms with Crippen LogP contribution in [0.25, 0.3) is 10.9 Å². The van der Waals surface area contributed by atoms with Gasteiger partial charge < -0.3 is 15.8 Å². The van der Waals surface area contributed by atoms with Crippen molar-refractivity contribution >= 4 is 16.9 Å². The predicted molar refractivity (Wildman–Crippen MR) is 62.1 cm³/mol. The Morgan fingerprint density at radius 3 is 3.00 bits per heavy atom. The van der Waals surface area contributed by atoms with Crippen LogP contribution in [0.2, 0.25) is 0 Å². The van der Waals surface area contributed by atoms with Gasteiger partial charge in [0.2, 0.25) is 0 Å². The molecule has 2 rings (SSSR count). The number of aromatic nitrogens is 1. The number of fused-ring (bicyclic) bond motifs is 1. The lowest BCUT2D eigenvalue weighted by atomic mass is 10.0. The van der Waals surface area contributed by atoms with Gasteiger partial charge in [-0.3, -0.25) is 4.79 Å². The monoisotopic (exact) mass is 218 g/mol. The molecule has 0 saturated heterocycles. The van der Waals surface area contributed by atoms with Crippen LogP contribution < -0.4 is 5.73 Å². The van der Waals surface area contributed by atoms with E-state index in [1.54, 1.807) is 0 Å². The maximum atomic E-state index is 10.4. The molecule has 0 amide bonds. The predicted octanol–water partition coefficient (Wildman–Crippen LogP) is 2.03. The zero-order valence-corrected chi connectivity index (χ0v) is 8.81. The van der Waals surface area contributed by atoms with Gasteiger partial charge in [0.25, 0.3) is 0 Å². The number of H-pyrrole nitrogens is 1. The van der Waals surface area contributed by atoms with E-state index in [1.165, 1.54) is 0 Å². The average molecular weight is 218 g/mol. The first kappa shape index (κ1) is 10.7. The third kappa shape index (κ3) is 2.23. The maximum Gasteiger partial charge on any atom is 0.303 e. The highest BCUT2D eigenvalue weighted by atomic mass is 16.4. The average Bonchev–Trinajstić information content (AvgIpc) is 2.72. The van der Waals surface area contributed by atoms with E-state index in [0.717, 1.165) is 16.5 Å². The first-order chi connectivity index (χ1) is 7.66. The molecule has 84 valence electrons. The van der Waals surface area contributed by atoms with Crippen molar-refractivity contribution in [3.8, 4) is 0 Å². The number of nitrogens with one attached hydrogen (secondary N) is 1.